The minimum Gasteiger partial charge on any atom is -0.359 e. The molecule has 118 valence electrons. The Morgan fingerprint density at radius 3 is 2.42 bits per heavy atom. The number of anilines is 1. The number of nitriles is 2. The Morgan fingerprint density at radius 2 is 1.75 bits per heavy atom. The molecule has 0 aliphatic heterocycles. The first-order valence-electron chi connectivity index (χ1n) is 7.02. The molecule has 0 radical (unpaired) electrons. The number of hydrogen-bond acceptors (Lipinski definition) is 4. The molecule has 0 unspecified atom stereocenters. The van der Waals surface area contributed by atoms with Crippen LogP contribution in [0.25, 0.3) is 0 Å². The van der Waals surface area contributed by atoms with Crippen LogP contribution in [0.15, 0.2) is 60.3 Å². The zero-order valence-corrected chi connectivity index (χ0v) is 12.6. The molecule has 0 aromatic heterocycles. The quantitative estimate of drug-likeness (QED) is 0.829. The van der Waals surface area contributed by atoms with Crippen molar-refractivity contribution in [3.63, 3.8) is 0 Å². The molecule has 0 aliphatic carbocycles. The summed E-state index contributed by atoms with van der Waals surface area (Å²) in [6.45, 7) is 0.255. The third-order valence-electron chi connectivity index (χ3n) is 3.15. The summed E-state index contributed by atoms with van der Waals surface area (Å²) in [6, 6.07) is 16.0. The fourth-order valence-electron chi connectivity index (χ4n) is 1.93. The Hall–Kier alpha value is -3.64. The van der Waals surface area contributed by atoms with Gasteiger partial charge in [-0.2, -0.15) is 10.5 Å². The minimum atomic E-state index is -0.336. The van der Waals surface area contributed by atoms with E-state index >= 15 is 0 Å². The smallest absolute Gasteiger partial charge is 0.253 e. The van der Waals surface area contributed by atoms with Crippen LogP contribution in [-0.4, -0.2) is 5.91 Å². The van der Waals surface area contributed by atoms with Crippen molar-refractivity contribution in [3.8, 4) is 12.1 Å². The Kier molecular flexibility index (Phi) is 5.65. The van der Waals surface area contributed by atoms with E-state index in [0.29, 0.717) is 11.3 Å². The van der Waals surface area contributed by atoms with Gasteiger partial charge in [-0.1, -0.05) is 24.3 Å². The van der Waals surface area contributed by atoms with Gasteiger partial charge in [-0.15, -0.1) is 0 Å². The number of para-hydroxylation sites is 1. The molecule has 6 heteroatoms. The standard InChI is InChI=1S/C18H13FN4O/c19-15-7-5-13(6-8-15)11-23-18(24)16-3-1-2-4-17(16)22-12-14(9-20)10-21/h1-8,12,22H,11H2,(H,23,24). The maximum atomic E-state index is 12.9. The predicted molar refractivity (Wildman–Crippen MR) is 86.9 cm³/mol. The average Bonchev–Trinajstić information content (AvgIpc) is 2.62. The van der Waals surface area contributed by atoms with Gasteiger partial charge in [0, 0.05) is 12.7 Å². The van der Waals surface area contributed by atoms with Gasteiger partial charge in [-0.05, 0) is 29.8 Å². The Labute approximate surface area is 138 Å². The number of carbonyl (C=O) groups is 1. The summed E-state index contributed by atoms with van der Waals surface area (Å²) < 4.78 is 12.9. The molecule has 0 spiro atoms. The van der Waals surface area contributed by atoms with Crippen LogP contribution in [0.3, 0.4) is 0 Å². The number of rotatable bonds is 5. The summed E-state index contributed by atoms with van der Waals surface area (Å²) in [6.07, 6.45) is 1.24. The van der Waals surface area contributed by atoms with Crippen LogP contribution in [0.5, 0.6) is 0 Å². The fraction of sp³-hybridized carbons (Fsp3) is 0.0556. The van der Waals surface area contributed by atoms with Crippen LogP contribution in [0.1, 0.15) is 15.9 Å². The lowest BCUT2D eigenvalue weighted by molar-refractivity contribution is 0.0951. The van der Waals surface area contributed by atoms with Crippen molar-refractivity contribution in [3.05, 3.63) is 77.2 Å². The maximum Gasteiger partial charge on any atom is 0.253 e. The van der Waals surface area contributed by atoms with Gasteiger partial charge in [0.05, 0.1) is 11.3 Å². The van der Waals surface area contributed by atoms with Crippen LogP contribution >= 0.6 is 0 Å². The van der Waals surface area contributed by atoms with E-state index in [-0.39, 0.29) is 23.8 Å². The Bertz CT molecular complexity index is 829. The zero-order valence-electron chi connectivity index (χ0n) is 12.6. The topological polar surface area (TPSA) is 88.7 Å². The first-order chi connectivity index (χ1) is 11.6. The molecule has 2 rings (SSSR count). The van der Waals surface area contributed by atoms with Gasteiger partial charge in [0.15, 0.2) is 0 Å². The lowest BCUT2D eigenvalue weighted by atomic mass is 10.1. The van der Waals surface area contributed by atoms with Crippen molar-refractivity contribution in [2.75, 3.05) is 5.32 Å². The molecule has 0 bridgehead atoms. The minimum absolute atomic E-state index is 0.100. The van der Waals surface area contributed by atoms with E-state index in [1.807, 2.05) is 0 Å². The number of amides is 1. The molecule has 0 aliphatic rings. The number of nitrogens with zero attached hydrogens (tertiary/aromatic N) is 2. The predicted octanol–water partition coefficient (Wildman–Crippen LogP) is 3.10. The highest BCUT2D eigenvalue weighted by Crippen LogP contribution is 2.15. The number of hydrogen-bond donors (Lipinski definition) is 2. The monoisotopic (exact) mass is 320 g/mol. The molecule has 0 saturated heterocycles. The van der Waals surface area contributed by atoms with Crippen molar-refractivity contribution in [1.29, 1.82) is 10.5 Å². The number of carbonyl (C=O) groups excluding carboxylic acids is 1. The van der Waals surface area contributed by atoms with Gasteiger partial charge in [-0.25, -0.2) is 4.39 Å². The summed E-state index contributed by atoms with van der Waals surface area (Å²) in [7, 11) is 0. The highest BCUT2D eigenvalue weighted by atomic mass is 19.1. The van der Waals surface area contributed by atoms with E-state index in [4.69, 9.17) is 10.5 Å². The summed E-state index contributed by atoms with van der Waals surface area (Å²) in [5, 5.41) is 23.0. The second kappa shape index (κ2) is 8.11. The largest absolute Gasteiger partial charge is 0.359 e. The normalized spacial score (nSPS) is 9.29. The molecule has 0 heterocycles. The van der Waals surface area contributed by atoms with Crippen molar-refractivity contribution < 1.29 is 9.18 Å². The van der Waals surface area contributed by atoms with E-state index < -0.39 is 0 Å². The van der Waals surface area contributed by atoms with Crippen LogP contribution in [0.4, 0.5) is 10.1 Å². The van der Waals surface area contributed by atoms with E-state index in [0.717, 1.165) is 5.56 Å². The van der Waals surface area contributed by atoms with Crippen molar-refractivity contribution in [1.82, 2.24) is 5.32 Å². The molecule has 1 amide bonds. The van der Waals surface area contributed by atoms with Crippen LogP contribution < -0.4 is 10.6 Å². The molecular formula is C18H13FN4O. The molecular weight excluding hydrogens is 307 g/mol. The lowest BCUT2D eigenvalue weighted by Gasteiger charge is -2.10. The van der Waals surface area contributed by atoms with Gasteiger partial charge in [0.1, 0.15) is 23.5 Å². The highest BCUT2D eigenvalue weighted by molar-refractivity contribution is 5.99. The number of benzene rings is 2. The van der Waals surface area contributed by atoms with Crippen LogP contribution in [0, 0.1) is 28.5 Å². The molecule has 2 N–H and O–H groups in total. The highest BCUT2D eigenvalue weighted by Gasteiger charge is 2.10. The fourth-order valence-corrected chi connectivity index (χ4v) is 1.93. The number of nitrogens with one attached hydrogen (secondary N) is 2. The summed E-state index contributed by atoms with van der Waals surface area (Å²) in [5.74, 6) is -0.663. The Morgan fingerprint density at radius 1 is 1.08 bits per heavy atom. The first kappa shape index (κ1) is 16.7. The second-order valence-corrected chi connectivity index (χ2v) is 4.78. The number of halogens is 1. The molecule has 0 atom stereocenters. The lowest BCUT2D eigenvalue weighted by Crippen LogP contribution is -2.23. The third-order valence-corrected chi connectivity index (χ3v) is 3.15. The third kappa shape index (κ3) is 4.43. The molecule has 0 fully saturated rings. The van der Waals surface area contributed by atoms with E-state index in [9.17, 15) is 9.18 Å². The summed E-state index contributed by atoms with van der Waals surface area (Å²) in [5.41, 5.74) is 1.51. The number of allylic oxidation sites excluding steroid dienone is 1. The van der Waals surface area contributed by atoms with Crippen LogP contribution in [-0.2, 0) is 6.54 Å². The maximum absolute atomic E-state index is 12.9. The van der Waals surface area contributed by atoms with Crippen molar-refractivity contribution in [2.24, 2.45) is 0 Å². The molecule has 2 aromatic rings. The van der Waals surface area contributed by atoms with Gasteiger partial charge in [0.25, 0.3) is 5.91 Å². The van der Waals surface area contributed by atoms with Gasteiger partial charge < -0.3 is 10.6 Å². The molecule has 2 aromatic carbocycles. The molecule has 24 heavy (non-hydrogen) atoms. The average molecular weight is 320 g/mol. The second-order valence-electron chi connectivity index (χ2n) is 4.78. The van der Waals surface area contributed by atoms with Crippen molar-refractivity contribution >= 4 is 11.6 Å². The zero-order chi connectivity index (χ0) is 17.4. The molecule has 0 saturated carbocycles. The van der Waals surface area contributed by atoms with E-state index in [2.05, 4.69) is 10.6 Å². The van der Waals surface area contributed by atoms with Gasteiger partial charge in [-0.3, -0.25) is 4.79 Å². The van der Waals surface area contributed by atoms with Gasteiger partial charge in [0.2, 0.25) is 0 Å². The van der Waals surface area contributed by atoms with E-state index in [1.54, 1.807) is 48.5 Å². The van der Waals surface area contributed by atoms with Gasteiger partial charge >= 0.3 is 0 Å². The van der Waals surface area contributed by atoms with Crippen LogP contribution in [0.2, 0.25) is 0 Å². The SMILES string of the molecule is N#CC(C#N)=CNc1ccccc1C(=O)NCc1ccc(F)cc1. The summed E-state index contributed by atoms with van der Waals surface area (Å²) in [4.78, 5) is 12.3. The van der Waals surface area contributed by atoms with Crippen molar-refractivity contribution in [2.45, 2.75) is 6.54 Å². The van der Waals surface area contributed by atoms with E-state index in [1.165, 1.54) is 18.3 Å². The molecule has 5 nitrogen and oxygen atoms in total. The Balaban J connectivity index is 2.09. The summed E-state index contributed by atoms with van der Waals surface area (Å²) >= 11 is 0. The first-order valence-corrected chi connectivity index (χ1v) is 7.02.